The van der Waals surface area contributed by atoms with Gasteiger partial charge < -0.3 is 14.2 Å². The second-order valence-corrected chi connectivity index (χ2v) is 5.85. The maximum Gasteiger partial charge on any atom is 0.302 e. The van der Waals surface area contributed by atoms with Crippen LogP contribution in [0.5, 0.6) is 0 Å². The zero-order chi connectivity index (χ0) is 16.7. The highest BCUT2D eigenvalue weighted by Gasteiger charge is 2.34. The summed E-state index contributed by atoms with van der Waals surface area (Å²) in [4.78, 5) is 22.2. The van der Waals surface area contributed by atoms with Crippen LogP contribution in [0.3, 0.4) is 0 Å². The maximum atomic E-state index is 11.2. The van der Waals surface area contributed by atoms with Gasteiger partial charge in [-0.25, -0.2) is 0 Å². The van der Waals surface area contributed by atoms with Gasteiger partial charge in [-0.1, -0.05) is 30.3 Å². The van der Waals surface area contributed by atoms with Gasteiger partial charge in [0.2, 0.25) is 0 Å². The monoisotopic (exact) mass is 320 g/mol. The van der Waals surface area contributed by atoms with E-state index in [-0.39, 0.29) is 30.8 Å². The molecule has 1 fully saturated rings. The number of hydrogen-bond donors (Lipinski definition) is 0. The molecule has 5 nitrogen and oxygen atoms in total. The van der Waals surface area contributed by atoms with Crippen LogP contribution in [0.4, 0.5) is 0 Å². The molecule has 5 heteroatoms. The predicted octanol–water partition coefficient (Wildman–Crippen LogP) is 2.66. The Labute approximate surface area is 136 Å². The maximum absolute atomic E-state index is 11.2. The van der Waals surface area contributed by atoms with Crippen LogP contribution in [0.25, 0.3) is 0 Å². The van der Waals surface area contributed by atoms with Crippen molar-refractivity contribution < 1.29 is 23.8 Å². The third kappa shape index (κ3) is 6.02. The first-order valence-electron chi connectivity index (χ1n) is 8.04. The first-order valence-corrected chi connectivity index (χ1v) is 8.04. The predicted molar refractivity (Wildman–Crippen MR) is 84.8 cm³/mol. The highest BCUT2D eigenvalue weighted by atomic mass is 16.6. The van der Waals surface area contributed by atoms with Crippen LogP contribution in [0, 0.1) is 0 Å². The van der Waals surface area contributed by atoms with E-state index in [1.807, 2.05) is 18.2 Å². The Morgan fingerprint density at radius 1 is 1.13 bits per heavy atom. The van der Waals surface area contributed by atoms with Crippen LogP contribution in [-0.2, 0) is 30.2 Å². The summed E-state index contributed by atoms with van der Waals surface area (Å²) in [5.41, 5.74) is 1.27. The van der Waals surface area contributed by atoms with E-state index in [2.05, 4.69) is 12.1 Å². The summed E-state index contributed by atoms with van der Waals surface area (Å²) in [6.07, 6.45) is 2.74. The Kier molecular flexibility index (Phi) is 6.59. The minimum absolute atomic E-state index is 0.0857. The van der Waals surface area contributed by atoms with E-state index < -0.39 is 6.10 Å². The molecule has 0 bridgehead atoms. The van der Waals surface area contributed by atoms with Gasteiger partial charge >= 0.3 is 11.9 Å². The number of aryl methyl sites for hydroxylation is 1. The number of ether oxygens (including phenoxy) is 3. The summed E-state index contributed by atoms with van der Waals surface area (Å²) >= 11 is 0. The van der Waals surface area contributed by atoms with Crippen LogP contribution in [0.2, 0.25) is 0 Å². The number of esters is 2. The normalized spacial score (nSPS) is 24.0. The lowest BCUT2D eigenvalue weighted by Crippen LogP contribution is -2.44. The van der Waals surface area contributed by atoms with E-state index in [0.717, 1.165) is 25.7 Å². The van der Waals surface area contributed by atoms with Crippen LogP contribution in [0.1, 0.15) is 38.7 Å². The van der Waals surface area contributed by atoms with Crippen molar-refractivity contribution in [3.63, 3.8) is 0 Å². The first kappa shape index (κ1) is 17.5. The molecule has 1 aliphatic rings. The van der Waals surface area contributed by atoms with Gasteiger partial charge in [-0.2, -0.15) is 0 Å². The Hall–Kier alpha value is -1.88. The Morgan fingerprint density at radius 3 is 2.52 bits per heavy atom. The first-order chi connectivity index (χ1) is 11.0. The van der Waals surface area contributed by atoms with Crippen molar-refractivity contribution in [1.82, 2.24) is 0 Å². The molecular weight excluding hydrogens is 296 g/mol. The van der Waals surface area contributed by atoms with Gasteiger partial charge in [-0.3, -0.25) is 9.59 Å². The molecule has 0 N–H and O–H groups in total. The van der Waals surface area contributed by atoms with Crippen molar-refractivity contribution in [3.8, 4) is 0 Å². The number of carbonyl (C=O) groups excluding carboxylic acids is 2. The van der Waals surface area contributed by atoms with Gasteiger partial charge in [0.05, 0.1) is 6.10 Å². The van der Waals surface area contributed by atoms with Crippen LogP contribution >= 0.6 is 0 Å². The van der Waals surface area contributed by atoms with Gasteiger partial charge in [0.25, 0.3) is 0 Å². The summed E-state index contributed by atoms with van der Waals surface area (Å²) in [6.45, 7) is 2.86. The summed E-state index contributed by atoms with van der Waals surface area (Å²) in [5, 5.41) is 0. The lowest BCUT2D eigenvalue weighted by molar-refractivity contribution is -0.181. The third-order valence-electron chi connectivity index (χ3n) is 3.92. The number of hydrogen-bond acceptors (Lipinski definition) is 5. The molecule has 2 rings (SSSR count). The minimum Gasteiger partial charge on any atom is -0.463 e. The Morgan fingerprint density at radius 2 is 1.87 bits per heavy atom. The van der Waals surface area contributed by atoms with Crippen LogP contribution < -0.4 is 0 Å². The van der Waals surface area contributed by atoms with Crippen molar-refractivity contribution in [1.29, 1.82) is 0 Å². The highest BCUT2D eigenvalue weighted by molar-refractivity contribution is 5.66. The smallest absolute Gasteiger partial charge is 0.302 e. The molecule has 0 spiro atoms. The topological polar surface area (TPSA) is 61.8 Å². The molecule has 0 radical (unpaired) electrons. The SMILES string of the molecule is CC(=O)OC[C@H]1OC(CCc2ccccc2)CC[C@@H]1OC(C)=O. The lowest BCUT2D eigenvalue weighted by atomic mass is 9.96. The van der Waals surface area contributed by atoms with Crippen LogP contribution in [0.15, 0.2) is 30.3 Å². The van der Waals surface area contributed by atoms with Crippen molar-refractivity contribution in [3.05, 3.63) is 35.9 Å². The molecule has 1 aromatic rings. The zero-order valence-corrected chi connectivity index (χ0v) is 13.7. The Balaban J connectivity index is 1.88. The van der Waals surface area contributed by atoms with Crippen molar-refractivity contribution >= 4 is 11.9 Å². The van der Waals surface area contributed by atoms with Crippen molar-refractivity contribution in [2.45, 2.75) is 57.8 Å². The summed E-state index contributed by atoms with van der Waals surface area (Å²) in [6, 6.07) is 10.2. The Bertz CT molecular complexity index is 513. The van der Waals surface area contributed by atoms with Crippen molar-refractivity contribution in [2.24, 2.45) is 0 Å². The molecule has 0 aliphatic carbocycles. The van der Waals surface area contributed by atoms with E-state index in [1.165, 1.54) is 19.4 Å². The highest BCUT2D eigenvalue weighted by Crippen LogP contribution is 2.25. The molecule has 0 aromatic heterocycles. The van der Waals surface area contributed by atoms with Crippen molar-refractivity contribution in [2.75, 3.05) is 6.61 Å². The van der Waals surface area contributed by atoms with E-state index >= 15 is 0 Å². The molecule has 0 amide bonds. The minimum atomic E-state index is -0.391. The molecule has 1 aromatic carbocycles. The van der Waals surface area contributed by atoms with Gasteiger partial charge in [-0.05, 0) is 31.2 Å². The fourth-order valence-electron chi connectivity index (χ4n) is 2.82. The molecule has 3 atom stereocenters. The average molecular weight is 320 g/mol. The largest absolute Gasteiger partial charge is 0.463 e. The summed E-state index contributed by atoms with van der Waals surface area (Å²) in [5.74, 6) is -0.698. The second kappa shape index (κ2) is 8.67. The average Bonchev–Trinajstić information content (AvgIpc) is 2.53. The molecule has 0 saturated carbocycles. The van der Waals surface area contributed by atoms with Gasteiger partial charge in [0.1, 0.15) is 18.8 Å². The standard InChI is InChI=1S/C18H24O5/c1-13(19)21-12-18-17(22-14(2)20)11-10-16(23-18)9-8-15-6-4-3-5-7-15/h3-7,16-18H,8-12H2,1-2H3/t16?,17-,18+/m0/s1. The molecule has 1 saturated heterocycles. The number of carbonyl (C=O) groups is 2. The molecular formula is C18H24O5. The molecule has 1 aliphatic heterocycles. The molecule has 23 heavy (non-hydrogen) atoms. The number of benzene rings is 1. The summed E-state index contributed by atoms with van der Waals surface area (Å²) in [7, 11) is 0. The molecule has 1 heterocycles. The fourth-order valence-corrected chi connectivity index (χ4v) is 2.82. The lowest BCUT2D eigenvalue weighted by Gasteiger charge is -2.35. The van der Waals surface area contributed by atoms with Gasteiger partial charge in [-0.15, -0.1) is 0 Å². The van der Waals surface area contributed by atoms with Gasteiger partial charge in [0.15, 0.2) is 0 Å². The van der Waals surface area contributed by atoms with E-state index in [1.54, 1.807) is 0 Å². The second-order valence-electron chi connectivity index (χ2n) is 5.85. The zero-order valence-electron chi connectivity index (χ0n) is 13.7. The molecule has 126 valence electrons. The van der Waals surface area contributed by atoms with E-state index in [0.29, 0.717) is 0 Å². The van der Waals surface area contributed by atoms with E-state index in [4.69, 9.17) is 14.2 Å². The van der Waals surface area contributed by atoms with Crippen LogP contribution in [-0.4, -0.2) is 36.9 Å². The quantitative estimate of drug-likeness (QED) is 0.754. The van der Waals surface area contributed by atoms with E-state index in [9.17, 15) is 9.59 Å². The van der Waals surface area contributed by atoms with Gasteiger partial charge in [0, 0.05) is 13.8 Å². The molecule has 1 unspecified atom stereocenters. The summed E-state index contributed by atoms with van der Waals surface area (Å²) < 4.78 is 16.4. The third-order valence-corrected chi connectivity index (χ3v) is 3.92. The fraction of sp³-hybridized carbons (Fsp3) is 0.556. The number of rotatable bonds is 6.